The SMILES string of the molecule is CN1CCCCC1C(=O)Nc1ccc(Cl)cc1Cl. The number of nitrogens with zero attached hydrogens (tertiary/aromatic N) is 1. The van der Waals surface area contributed by atoms with Crippen LogP contribution in [-0.4, -0.2) is 30.4 Å². The van der Waals surface area contributed by atoms with Crippen molar-refractivity contribution in [2.24, 2.45) is 0 Å². The van der Waals surface area contributed by atoms with Crippen LogP contribution < -0.4 is 5.32 Å². The monoisotopic (exact) mass is 286 g/mol. The van der Waals surface area contributed by atoms with Crippen LogP contribution in [0, 0.1) is 0 Å². The van der Waals surface area contributed by atoms with Gasteiger partial charge in [0.15, 0.2) is 0 Å². The molecule has 0 radical (unpaired) electrons. The third-order valence-electron chi connectivity index (χ3n) is 3.26. The van der Waals surface area contributed by atoms with Gasteiger partial charge in [0.25, 0.3) is 0 Å². The van der Waals surface area contributed by atoms with Gasteiger partial charge in [-0.3, -0.25) is 9.69 Å². The highest BCUT2D eigenvalue weighted by Gasteiger charge is 2.26. The second kappa shape index (κ2) is 5.91. The summed E-state index contributed by atoms with van der Waals surface area (Å²) in [6.07, 6.45) is 3.15. The van der Waals surface area contributed by atoms with Crippen molar-refractivity contribution in [1.29, 1.82) is 0 Å². The van der Waals surface area contributed by atoms with E-state index in [2.05, 4.69) is 10.2 Å². The molecule has 1 saturated heterocycles. The highest BCUT2D eigenvalue weighted by atomic mass is 35.5. The lowest BCUT2D eigenvalue weighted by Crippen LogP contribution is -2.44. The second-order valence-electron chi connectivity index (χ2n) is 4.61. The van der Waals surface area contributed by atoms with Crippen LogP contribution in [-0.2, 0) is 4.79 Å². The van der Waals surface area contributed by atoms with E-state index in [-0.39, 0.29) is 11.9 Å². The maximum absolute atomic E-state index is 12.2. The maximum atomic E-state index is 12.2. The van der Waals surface area contributed by atoms with Crippen molar-refractivity contribution in [1.82, 2.24) is 4.90 Å². The van der Waals surface area contributed by atoms with E-state index in [0.29, 0.717) is 15.7 Å². The van der Waals surface area contributed by atoms with Gasteiger partial charge in [0.1, 0.15) is 0 Å². The largest absolute Gasteiger partial charge is 0.323 e. The molecule has 2 rings (SSSR count). The lowest BCUT2D eigenvalue weighted by molar-refractivity contribution is -0.121. The number of carbonyl (C=O) groups excluding carboxylic acids is 1. The highest BCUT2D eigenvalue weighted by Crippen LogP contribution is 2.26. The Morgan fingerprint density at radius 3 is 2.83 bits per heavy atom. The number of likely N-dealkylation sites (N-methyl/N-ethyl adjacent to an activating group) is 1. The average Bonchev–Trinajstić information content (AvgIpc) is 2.33. The molecule has 1 aromatic rings. The Morgan fingerprint density at radius 1 is 1.39 bits per heavy atom. The van der Waals surface area contributed by atoms with Gasteiger partial charge in [0.05, 0.1) is 16.8 Å². The van der Waals surface area contributed by atoms with E-state index in [0.717, 1.165) is 25.8 Å². The quantitative estimate of drug-likeness (QED) is 0.904. The maximum Gasteiger partial charge on any atom is 0.241 e. The van der Waals surface area contributed by atoms with Crippen molar-refractivity contribution < 1.29 is 4.79 Å². The normalized spacial score (nSPS) is 20.7. The summed E-state index contributed by atoms with van der Waals surface area (Å²) >= 11 is 11.9. The van der Waals surface area contributed by atoms with Gasteiger partial charge in [-0.2, -0.15) is 0 Å². The summed E-state index contributed by atoms with van der Waals surface area (Å²) in [5.41, 5.74) is 0.616. The predicted octanol–water partition coefficient (Wildman–Crippen LogP) is 3.42. The number of nitrogens with one attached hydrogen (secondary N) is 1. The molecule has 1 aliphatic heterocycles. The van der Waals surface area contributed by atoms with Crippen molar-refractivity contribution >= 4 is 34.8 Å². The number of hydrogen-bond acceptors (Lipinski definition) is 2. The summed E-state index contributed by atoms with van der Waals surface area (Å²) in [5.74, 6) is 0.00132. The van der Waals surface area contributed by atoms with Crippen LogP contribution in [0.3, 0.4) is 0 Å². The van der Waals surface area contributed by atoms with Gasteiger partial charge >= 0.3 is 0 Å². The summed E-state index contributed by atoms with van der Waals surface area (Å²) in [6.45, 7) is 0.965. The highest BCUT2D eigenvalue weighted by molar-refractivity contribution is 6.36. The molecule has 1 atom stereocenters. The smallest absolute Gasteiger partial charge is 0.241 e. The van der Waals surface area contributed by atoms with Crippen LogP contribution in [0.4, 0.5) is 5.69 Å². The fourth-order valence-electron chi connectivity index (χ4n) is 2.21. The topological polar surface area (TPSA) is 32.3 Å². The molecule has 98 valence electrons. The third kappa shape index (κ3) is 3.16. The van der Waals surface area contributed by atoms with Gasteiger partial charge < -0.3 is 5.32 Å². The number of amides is 1. The molecular formula is C13H16Cl2N2O. The Labute approximate surface area is 117 Å². The molecule has 1 N–H and O–H groups in total. The van der Waals surface area contributed by atoms with Crippen molar-refractivity contribution in [2.75, 3.05) is 18.9 Å². The molecule has 1 unspecified atom stereocenters. The van der Waals surface area contributed by atoms with Crippen molar-refractivity contribution in [3.05, 3.63) is 28.2 Å². The fourth-order valence-corrected chi connectivity index (χ4v) is 2.67. The van der Waals surface area contributed by atoms with Crippen LogP contribution in [0.5, 0.6) is 0 Å². The first-order chi connectivity index (χ1) is 8.58. The molecule has 5 heteroatoms. The zero-order chi connectivity index (χ0) is 13.1. The number of anilines is 1. The lowest BCUT2D eigenvalue weighted by Gasteiger charge is -2.31. The molecule has 1 heterocycles. The number of benzene rings is 1. The average molecular weight is 287 g/mol. The first-order valence-corrected chi connectivity index (χ1v) is 6.79. The van der Waals surface area contributed by atoms with Crippen LogP contribution >= 0.6 is 23.2 Å². The first kappa shape index (κ1) is 13.7. The van der Waals surface area contributed by atoms with Crippen LogP contribution in [0.1, 0.15) is 19.3 Å². The molecule has 3 nitrogen and oxygen atoms in total. The van der Waals surface area contributed by atoms with E-state index >= 15 is 0 Å². The van der Waals surface area contributed by atoms with Crippen LogP contribution in [0.25, 0.3) is 0 Å². The van der Waals surface area contributed by atoms with E-state index in [1.165, 1.54) is 0 Å². The number of likely N-dealkylation sites (tertiary alicyclic amines) is 1. The Bertz CT molecular complexity index is 451. The standard InChI is InChI=1S/C13H16Cl2N2O/c1-17-7-3-2-4-12(17)13(18)16-11-6-5-9(14)8-10(11)15/h5-6,8,12H,2-4,7H2,1H3,(H,16,18). The van der Waals surface area contributed by atoms with E-state index in [9.17, 15) is 4.79 Å². The molecule has 0 aromatic heterocycles. The molecule has 1 aliphatic rings. The van der Waals surface area contributed by atoms with Crippen LogP contribution in [0.15, 0.2) is 18.2 Å². The predicted molar refractivity (Wildman–Crippen MR) is 75.4 cm³/mol. The molecule has 1 fully saturated rings. The van der Waals surface area contributed by atoms with Gasteiger partial charge in [0, 0.05) is 5.02 Å². The van der Waals surface area contributed by atoms with Crippen molar-refractivity contribution in [3.63, 3.8) is 0 Å². The molecule has 18 heavy (non-hydrogen) atoms. The molecule has 0 bridgehead atoms. The van der Waals surface area contributed by atoms with E-state index in [4.69, 9.17) is 23.2 Å². The van der Waals surface area contributed by atoms with E-state index in [1.807, 2.05) is 7.05 Å². The molecular weight excluding hydrogens is 271 g/mol. The minimum absolute atomic E-state index is 0.00132. The number of piperidine rings is 1. The fraction of sp³-hybridized carbons (Fsp3) is 0.462. The molecule has 0 spiro atoms. The zero-order valence-electron chi connectivity index (χ0n) is 10.2. The zero-order valence-corrected chi connectivity index (χ0v) is 11.8. The van der Waals surface area contributed by atoms with Gasteiger partial charge in [-0.15, -0.1) is 0 Å². The van der Waals surface area contributed by atoms with Gasteiger partial charge in [-0.25, -0.2) is 0 Å². The summed E-state index contributed by atoms with van der Waals surface area (Å²) in [4.78, 5) is 14.3. The van der Waals surface area contributed by atoms with Crippen molar-refractivity contribution in [3.8, 4) is 0 Å². The van der Waals surface area contributed by atoms with Gasteiger partial charge in [-0.1, -0.05) is 29.6 Å². The number of rotatable bonds is 2. The summed E-state index contributed by atoms with van der Waals surface area (Å²) in [6, 6.07) is 5.01. The Hall–Kier alpha value is -0.770. The summed E-state index contributed by atoms with van der Waals surface area (Å²) < 4.78 is 0. The lowest BCUT2D eigenvalue weighted by atomic mass is 10.0. The van der Waals surface area contributed by atoms with E-state index < -0.39 is 0 Å². The van der Waals surface area contributed by atoms with Gasteiger partial charge in [-0.05, 0) is 44.6 Å². The number of hydrogen-bond donors (Lipinski definition) is 1. The summed E-state index contributed by atoms with van der Waals surface area (Å²) in [7, 11) is 1.98. The first-order valence-electron chi connectivity index (χ1n) is 6.04. The molecule has 1 amide bonds. The summed E-state index contributed by atoms with van der Waals surface area (Å²) in [5, 5.41) is 3.90. The molecule has 0 saturated carbocycles. The van der Waals surface area contributed by atoms with E-state index in [1.54, 1.807) is 18.2 Å². The number of carbonyl (C=O) groups is 1. The molecule has 0 aliphatic carbocycles. The minimum Gasteiger partial charge on any atom is -0.323 e. The Balaban J connectivity index is 2.06. The Kier molecular flexibility index (Phi) is 4.49. The Morgan fingerprint density at radius 2 is 2.17 bits per heavy atom. The van der Waals surface area contributed by atoms with Crippen molar-refractivity contribution in [2.45, 2.75) is 25.3 Å². The van der Waals surface area contributed by atoms with Crippen LogP contribution in [0.2, 0.25) is 10.0 Å². The second-order valence-corrected chi connectivity index (χ2v) is 5.45. The van der Waals surface area contributed by atoms with Gasteiger partial charge in [0.2, 0.25) is 5.91 Å². The molecule has 1 aromatic carbocycles. The minimum atomic E-state index is -0.0644. The third-order valence-corrected chi connectivity index (χ3v) is 3.81. The number of halogens is 2.